The van der Waals surface area contributed by atoms with Gasteiger partial charge in [-0.1, -0.05) is 25.1 Å². The summed E-state index contributed by atoms with van der Waals surface area (Å²) in [4.78, 5) is 50.0. The second kappa shape index (κ2) is 8.02. The molecule has 10 heteroatoms. The number of carbonyl (C=O) groups is 3. The lowest BCUT2D eigenvalue weighted by molar-refractivity contribution is -0.385. The van der Waals surface area contributed by atoms with Crippen LogP contribution in [0.15, 0.2) is 36.4 Å². The predicted molar refractivity (Wildman–Crippen MR) is 82.9 cm³/mol. The van der Waals surface area contributed by atoms with E-state index in [9.17, 15) is 24.5 Å². The third-order valence-electron chi connectivity index (χ3n) is 3.38. The number of nitro benzene ring substituents is 1. The highest BCUT2D eigenvalue weighted by Gasteiger charge is 2.24. The normalized spacial score (nSPS) is 14.5. The van der Waals surface area contributed by atoms with E-state index in [2.05, 4.69) is 0 Å². The number of para-hydroxylation sites is 1. The average molecular weight is 349 g/mol. The van der Waals surface area contributed by atoms with Gasteiger partial charge in [-0.25, -0.2) is 14.5 Å². The summed E-state index contributed by atoms with van der Waals surface area (Å²) in [6.07, 6.45) is 1.22. The van der Waals surface area contributed by atoms with Crippen LogP contribution in [0.1, 0.15) is 18.4 Å². The topological polar surface area (TPSA) is 128 Å². The molecule has 0 saturated heterocycles. The molecule has 3 amide bonds. The molecular formula is C15H15N3O7. The van der Waals surface area contributed by atoms with Crippen molar-refractivity contribution in [2.24, 2.45) is 0 Å². The molecular weight excluding hydrogens is 334 g/mol. The molecule has 132 valence electrons. The van der Waals surface area contributed by atoms with Crippen LogP contribution in [-0.2, 0) is 19.2 Å². The van der Waals surface area contributed by atoms with E-state index in [0.717, 1.165) is 17.1 Å². The number of nitro groups is 1. The maximum absolute atomic E-state index is 11.5. The van der Waals surface area contributed by atoms with Crippen LogP contribution in [-0.4, -0.2) is 41.1 Å². The van der Waals surface area contributed by atoms with E-state index in [4.69, 9.17) is 9.57 Å². The van der Waals surface area contributed by atoms with Crippen molar-refractivity contribution in [2.45, 2.75) is 12.8 Å². The largest absolute Gasteiger partial charge is 0.447 e. The van der Waals surface area contributed by atoms with Gasteiger partial charge in [-0.15, -0.1) is 0 Å². The highest BCUT2D eigenvalue weighted by Crippen LogP contribution is 2.26. The Labute approximate surface area is 142 Å². The summed E-state index contributed by atoms with van der Waals surface area (Å²) in [5, 5.41) is 11.0. The summed E-state index contributed by atoms with van der Waals surface area (Å²) in [6.45, 7) is 1.09. The number of benzene rings is 1. The number of ether oxygens (including phenoxy) is 1. The van der Waals surface area contributed by atoms with Crippen molar-refractivity contribution < 1.29 is 28.9 Å². The molecule has 0 aromatic heterocycles. The van der Waals surface area contributed by atoms with Gasteiger partial charge in [0.2, 0.25) is 0 Å². The van der Waals surface area contributed by atoms with Crippen LogP contribution in [0.2, 0.25) is 0 Å². The quantitative estimate of drug-likeness (QED) is 0.445. The van der Waals surface area contributed by atoms with Gasteiger partial charge >= 0.3 is 6.09 Å². The number of nitrogens with one attached hydrogen (secondary N) is 1. The number of imide groups is 1. The third-order valence-corrected chi connectivity index (χ3v) is 3.38. The minimum absolute atomic E-state index is 0.0613. The van der Waals surface area contributed by atoms with Gasteiger partial charge in [0.05, 0.1) is 4.92 Å². The molecule has 0 bridgehead atoms. The van der Waals surface area contributed by atoms with Crippen molar-refractivity contribution in [3.8, 4) is 0 Å². The standard InChI is InChI=1S/C15H15N3O7/c1-10(11-4-2-3-5-12(11)18(22)23)8-24-15(21)16-25-9-17-13(19)6-7-14(17)20/h2-7,10H,8-9H2,1H3,(H,16,21). The Kier molecular flexibility index (Phi) is 5.79. The Morgan fingerprint density at radius 2 is 1.92 bits per heavy atom. The van der Waals surface area contributed by atoms with E-state index in [1.165, 1.54) is 6.07 Å². The smallest absolute Gasteiger partial charge is 0.431 e. The zero-order valence-electron chi connectivity index (χ0n) is 13.2. The Morgan fingerprint density at radius 1 is 1.28 bits per heavy atom. The number of amides is 3. The second-order valence-corrected chi connectivity index (χ2v) is 5.13. The molecule has 1 aliphatic heterocycles. The minimum Gasteiger partial charge on any atom is -0.447 e. The molecule has 10 nitrogen and oxygen atoms in total. The van der Waals surface area contributed by atoms with Gasteiger partial charge in [0, 0.05) is 29.7 Å². The van der Waals surface area contributed by atoms with Crippen LogP contribution >= 0.6 is 0 Å². The maximum atomic E-state index is 11.5. The van der Waals surface area contributed by atoms with Crippen molar-refractivity contribution >= 4 is 23.6 Å². The van der Waals surface area contributed by atoms with E-state index < -0.39 is 35.5 Å². The number of hydrogen-bond acceptors (Lipinski definition) is 7. The number of hydroxylamine groups is 1. The molecule has 25 heavy (non-hydrogen) atoms. The SMILES string of the molecule is CC(COC(=O)NOCN1C(=O)C=CC1=O)c1ccccc1[N+](=O)[O-]. The monoisotopic (exact) mass is 349 g/mol. The van der Waals surface area contributed by atoms with Crippen LogP contribution in [0.25, 0.3) is 0 Å². The molecule has 1 atom stereocenters. The molecule has 1 aromatic rings. The van der Waals surface area contributed by atoms with Gasteiger partial charge < -0.3 is 4.74 Å². The number of hydrogen-bond donors (Lipinski definition) is 1. The van der Waals surface area contributed by atoms with Crippen LogP contribution in [0.5, 0.6) is 0 Å². The fourth-order valence-electron chi connectivity index (χ4n) is 2.10. The Hall–Kier alpha value is -3.27. The molecule has 0 saturated carbocycles. The van der Waals surface area contributed by atoms with Gasteiger partial charge in [0.1, 0.15) is 6.61 Å². The van der Waals surface area contributed by atoms with Crippen molar-refractivity contribution in [2.75, 3.05) is 13.3 Å². The Morgan fingerprint density at radius 3 is 2.56 bits per heavy atom. The number of nitrogens with zero attached hydrogens (tertiary/aromatic N) is 2. The molecule has 2 rings (SSSR count). The van der Waals surface area contributed by atoms with Crippen LogP contribution in [0, 0.1) is 10.1 Å². The summed E-state index contributed by atoms with van der Waals surface area (Å²) in [6, 6.07) is 6.15. The van der Waals surface area contributed by atoms with E-state index >= 15 is 0 Å². The molecule has 0 spiro atoms. The average Bonchev–Trinajstić information content (AvgIpc) is 2.91. The maximum Gasteiger partial charge on any atom is 0.431 e. The highest BCUT2D eigenvalue weighted by atomic mass is 16.7. The van der Waals surface area contributed by atoms with Crippen molar-refractivity contribution in [1.29, 1.82) is 0 Å². The Bertz CT molecular complexity index is 714. The first-order valence-electron chi connectivity index (χ1n) is 7.21. The third kappa shape index (κ3) is 4.61. The van der Waals surface area contributed by atoms with Gasteiger partial charge in [0.15, 0.2) is 6.73 Å². The van der Waals surface area contributed by atoms with Gasteiger partial charge in [-0.3, -0.25) is 19.7 Å². The first-order valence-corrected chi connectivity index (χ1v) is 7.21. The molecule has 1 aromatic carbocycles. The number of carbonyl (C=O) groups excluding carboxylic acids is 3. The van der Waals surface area contributed by atoms with Crippen LogP contribution in [0.3, 0.4) is 0 Å². The van der Waals surface area contributed by atoms with E-state index in [1.54, 1.807) is 25.1 Å². The van der Waals surface area contributed by atoms with Crippen LogP contribution < -0.4 is 5.48 Å². The van der Waals surface area contributed by atoms with Gasteiger partial charge in [-0.05, 0) is 0 Å². The summed E-state index contributed by atoms with van der Waals surface area (Å²) in [5.74, 6) is -1.52. The molecule has 1 unspecified atom stereocenters. The summed E-state index contributed by atoms with van der Waals surface area (Å²) < 4.78 is 4.91. The second-order valence-electron chi connectivity index (χ2n) is 5.13. The molecule has 1 N–H and O–H groups in total. The van der Waals surface area contributed by atoms with Gasteiger partial charge in [-0.2, -0.15) is 5.48 Å². The molecule has 0 fully saturated rings. The molecule has 1 aliphatic rings. The lowest BCUT2D eigenvalue weighted by Gasteiger charge is -2.15. The highest BCUT2D eigenvalue weighted by molar-refractivity contribution is 6.12. The minimum atomic E-state index is -0.947. The molecule has 1 heterocycles. The lowest BCUT2D eigenvalue weighted by Crippen LogP contribution is -2.37. The van der Waals surface area contributed by atoms with Gasteiger partial charge in [0.25, 0.3) is 17.5 Å². The fourth-order valence-corrected chi connectivity index (χ4v) is 2.10. The van der Waals surface area contributed by atoms with Crippen molar-refractivity contribution in [3.63, 3.8) is 0 Å². The van der Waals surface area contributed by atoms with E-state index in [1.807, 2.05) is 5.48 Å². The van der Waals surface area contributed by atoms with E-state index in [0.29, 0.717) is 5.56 Å². The molecule has 0 aliphatic carbocycles. The Balaban J connectivity index is 1.77. The first-order chi connectivity index (χ1) is 11.9. The van der Waals surface area contributed by atoms with E-state index in [-0.39, 0.29) is 12.3 Å². The number of rotatable bonds is 7. The zero-order valence-corrected chi connectivity index (χ0v) is 13.2. The summed E-state index contributed by atoms with van der Waals surface area (Å²) in [5.41, 5.74) is 2.30. The summed E-state index contributed by atoms with van der Waals surface area (Å²) in [7, 11) is 0. The van der Waals surface area contributed by atoms with Crippen LogP contribution in [0.4, 0.5) is 10.5 Å². The fraction of sp³-hybridized carbons (Fsp3) is 0.267. The summed E-state index contributed by atoms with van der Waals surface area (Å²) >= 11 is 0. The van der Waals surface area contributed by atoms with Crippen molar-refractivity contribution in [3.05, 3.63) is 52.1 Å². The lowest BCUT2D eigenvalue weighted by atomic mass is 10.0. The molecule has 0 radical (unpaired) electrons. The first kappa shape index (κ1) is 18.1. The predicted octanol–water partition coefficient (Wildman–Crippen LogP) is 1.24. The van der Waals surface area contributed by atoms with Crippen molar-refractivity contribution in [1.82, 2.24) is 10.4 Å². The zero-order chi connectivity index (χ0) is 18.4.